The Morgan fingerprint density at radius 3 is 3.04 bits per heavy atom. The van der Waals surface area contributed by atoms with Crippen LogP contribution in [0.3, 0.4) is 0 Å². The van der Waals surface area contributed by atoms with Crippen LogP contribution in [0.1, 0.15) is 50.0 Å². The van der Waals surface area contributed by atoms with E-state index in [1.807, 2.05) is 13.1 Å². The SMILES string of the molecule is C/C=c1/cnn(Cc2cc(C(N)=NC3CC3)cs2)/c1=C/C=C\CCC. The van der Waals surface area contributed by atoms with Crippen molar-refractivity contribution in [2.45, 2.75) is 52.1 Å². The maximum Gasteiger partial charge on any atom is 0.126 e. The van der Waals surface area contributed by atoms with Gasteiger partial charge in [-0.25, -0.2) is 0 Å². The van der Waals surface area contributed by atoms with Crippen molar-refractivity contribution in [3.8, 4) is 0 Å². The molecule has 132 valence electrons. The van der Waals surface area contributed by atoms with Crippen molar-refractivity contribution in [3.05, 3.63) is 50.8 Å². The average Bonchev–Trinajstić information content (AvgIpc) is 3.16. The van der Waals surface area contributed by atoms with Gasteiger partial charge >= 0.3 is 0 Å². The van der Waals surface area contributed by atoms with Gasteiger partial charge in [0.15, 0.2) is 0 Å². The normalized spacial score (nSPS) is 17.1. The monoisotopic (exact) mass is 354 g/mol. The van der Waals surface area contributed by atoms with Gasteiger partial charge in [-0.3, -0.25) is 9.67 Å². The van der Waals surface area contributed by atoms with Crippen LogP contribution in [0, 0.1) is 0 Å². The molecule has 1 fully saturated rings. The van der Waals surface area contributed by atoms with Gasteiger partial charge in [-0.15, -0.1) is 11.3 Å². The number of rotatable bonds is 7. The third-order valence-corrected chi connectivity index (χ3v) is 5.11. The summed E-state index contributed by atoms with van der Waals surface area (Å²) < 4.78 is 2.05. The minimum absolute atomic E-state index is 0.452. The first-order valence-corrected chi connectivity index (χ1v) is 9.85. The van der Waals surface area contributed by atoms with E-state index in [2.05, 4.69) is 57.4 Å². The highest BCUT2D eigenvalue weighted by Crippen LogP contribution is 2.24. The number of aliphatic imine (C=N–C) groups is 1. The van der Waals surface area contributed by atoms with Crippen molar-refractivity contribution in [2.75, 3.05) is 0 Å². The summed E-state index contributed by atoms with van der Waals surface area (Å²) in [5.74, 6) is 0.669. The Morgan fingerprint density at radius 2 is 2.32 bits per heavy atom. The molecule has 1 aliphatic carbocycles. The van der Waals surface area contributed by atoms with Gasteiger partial charge < -0.3 is 5.73 Å². The van der Waals surface area contributed by atoms with Crippen molar-refractivity contribution < 1.29 is 0 Å². The Morgan fingerprint density at radius 1 is 1.48 bits per heavy atom. The first kappa shape index (κ1) is 17.7. The summed E-state index contributed by atoms with van der Waals surface area (Å²) in [5.41, 5.74) is 7.14. The average molecular weight is 355 g/mol. The van der Waals surface area contributed by atoms with Crippen LogP contribution in [-0.4, -0.2) is 21.7 Å². The van der Waals surface area contributed by atoms with E-state index in [1.54, 1.807) is 11.3 Å². The van der Waals surface area contributed by atoms with Crippen LogP contribution in [0.5, 0.6) is 0 Å². The van der Waals surface area contributed by atoms with Gasteiger partial charge in [0, 0.05) is 21.0 Å². The first-order chi connectivity index (χ1) is 12.2. The zero-order valence-corrected chi connectivity index (χ0v) is 15.8. The fourth-order valence-electron chi connectivity index (χ4n) is 2.58. The van der Waals surface area contributed by atoms with Gasteiger partial charge in [0.1, 0.15) is 5.84 Å². The van der Waals surface area contributed by atoms with E-state index in [1.165, 1.54) is 17.7 Å². The predicted molar refractivity (Wildman–Crippen MR) is 107 cm³/mol. The summed E-state index contributed by atoms with van der Waals surface area (Å²) >= 11 is 1.71. The lowest BCUT2D eigenvalue weighted by molar-refractivity contribution is 0.673. The topological polar surface area (TPSA) is 56.2 Å². The Bertz CT molecular complexity index is 881. The molecule has 0 amide bonds. The molecular formula is C20H26N4S. The molecule has 25 heavy (non-hydrogen) atoms. The zero-order chi connectivity index (χ0) is 17.6. The molecule has 0 unspecified atom stereocenters. The molecule has 1 saturated carbocycles. The van der Waals surface area contributed by atoms with Crippen molar-refractivity contribution in [1.29, 1.82) is 0 Å². The summed E-state index contributed by atoms with van der Waals surface area (Å²) in [4.78, 5) is 5.77. The van der Waals surface area contributed by atoms with Crippen LogP contribution in [0.25, 0.3) is 12.2 Å². The van der Waals surface area contributed by atoms with Crippen molar-refractivity contribution in [1.82, 2.24) is 9.78 Å². The van der Waals surface area contributed by atoms with E-state index in [-0.39, 0.29) is 0 Å². The highest BCUT2D eigenvalue weighted by molar-refractivity contribution is 7.10. The zero-order valence-electron chi connectivity index (χ0n) is 15.0. The van der Waals surface area contributed by atoms with E-state index in [4.69, 9.17) is 5.73 Å². The summed E-state index contributed by atoms with van der Waals surface area (Å²) in [6.45, 7) is 4.99. The van der Waals surface area contributed by atoms with Crippen LogP contribution < -0.4 is 16.3 Å². The predicted octanol–water partition coefficient (Wildman–Crippen LogP) is 2.80. The third kappa shape index (κ3) is 4.69. The lowest BCUT2D eigenvalue weighted by Crippen LogP contribution is -2.29. The molecule has 0 aromatic carbocycles. The van der Waals surface area contributed by atoms with Gasteiger partial charge in [0.2, 0.25) is 0 Å². The van der Waals surface area contributed by atoms with Gasteiger partial charge in [0.25, 0.3) is 0 Å². The Hall–Kier alpha value is -2.14. The summed E-state index contributed by atoms with van der Waals surface area (Å²) in [6.07, 6.45) is 15.1. The molecule has 0 aliphatic heterocycles. The highest BCUT2D eigenvalue weighted by Gasteiger charge is 2.20. The molecule has 2 aromatic rings. The van der Waals surface area contributed by atoms with E-state index in [9.17, 15) is 0 Å². The van der Waals surface area contributed by atoms with Gasteiger partial charge in [-0.05, 0) is 38.3 Å². The minimum Gasteiger partial charge on any atom is -0.383 e. The number of nitrogens with two attached hydrogens (primary N) is 1. The number of thiophene rings is 1. The smallest absolute Gasteiger partial charge is 0.126 e. The maximum absolute atomic E-state index is 6.11. The Balaban J connectivity index is 1.81. The molecule has 0 atom stereocenters. The van der Waals surface area contributed by atoms with Gasteiger partial charge in [-0.1, -0.05) is 31.6 Å². The number of nitrogens with zero attached hydrogens (tertiary/aromatic N) is 3. The standard InChI is InChI=1S/C20H26N4S/c1-3-5-6-7-8-19-15(4-2)12-22-24(19)13-18-11-16(14-25-18)20(21)23-17-9-10-17/h4,6-8,11-12,14,17H,3,5,9-10,13H2,1-2H3,(H2,21,23)/b7-6-,15-4-,19-8+. The van der Waals surface area contributed by atoms with Crippen LogP contribution >= 0.6 is 11.3 Å². The first-order valence-electron chi connectivity index (χ1n) is 8.97. The second kappa shape index (κ2) is 8.30. The Labute approximate surface area is 153 Å². The number of aromatic nitrogens is 2. The Kier molecular flexibility index (Phi) is 5.87. The molecule has 0 bridgehead atoms. The highest BCUT2D eigenvalue weighted by atomic mass is 32.1. The molecule has 4 nitrogen and oxygen atoms in total. The van der Waals surface area contributed by atoms with E-state index in [0.717, 1.165) is 35.5 Å². The van der Waals surface area contributed by atoms with Crippen LogP contribution in [0.4, 0.5) is 0 Å². The molecule has 0 radical (unpaired) electrons. The quantitative estimate of drug-likeness (QED) is 0.614. The van der Waals surface area contributed by atoms with Crippen LogP contribution in [0.15, 0.2) is 34.8 Å². The maximum atomic E-state index is 6.11. The molecule has 2 heterocycles. The number of allylic oxidation sites excluding steroid dienone is 2. The molecule has 0 saturated heterocycles. The number of hydrogen-bond donors (Lipinski definition) is 1. The van der Waals surface area contributed by atoms with Gasteiger partial charge in [0.05, 0.1) is 24.1 Å². The van der Waals surface area contributed by atoms with Crippen LogP contribution in [-0.2, 0) is 6.54 Å². The fraction of sp³-hybridized carbons (Fsp3) is 0.400. The third-order valence-electron chi connectivity index (χ3n) is 4.19. The van der Waals surface area contributed by atoms with Crippen LogP contribution in [0.2, 0.25) is 0 Å². The number of hydrogen-bond acceptors (Lipinski definition) is 3. The number of amidine groups is 1. The van der Waals surface area contributed by atoms with E-state index < -0.39 is 0 Å². The molecule has 2 N–H and O–H groups in total. The summed E-state index contributed by atoms with van der Waals surface area (Å²) in [5, 5.41) is 8.96. The summed E-state index contributed by atoms with van der Waals surface area (Å²) in [6, 6.07) is 2.59. The number of unbranched alkanes of at least 4 members (excludes halogenated alkanes) is 1. The molecular weight excluding hydrogens is 328 g/mol. The van der Waals surface area contributed by atoms with Crippen molar-refractivity contribution in [2.24, 2.45) is 10.7 Å². The molecule has 3 rings (SSSR count). The molecule has 0 spiro atoms. The van der Waals surface area contributed by atoms with E-state index in [0.29, 0.717) is 11.9 Å². The second-order valence-corrected chi connectivity index (χ2v) is 7.36. The molecule has 1 aliphatic rings. The summed E-state index contributed by atoms with van der Waals surface area (Å²) in [7, 11) is 0. The molecule has 5 heteroatoms. The van der Waals surface area contributed by atoms with E-state index >= 15 is 0 Å². The lowest BCUT2D eigenvalue weighted by atomic mass is 10.3. The lowest BCUT2D eigenvalue weighted by Gasteiger charge is -1.99. The largest absolute Gasteiger partial charge is 0.383 e. The van der Waals surface area contributed by atoms with Gasteiger partial charge in [-0.2, -0.15) is 5.10 Å². The van der Waals surface area contributed by atoms with Crippen molar-refractivity contribution in [3.63, 3.8) is 0 Å². The molecule has 2 aromatic heterocycles. The fourth-order valence-corrected chi connectivity index (χ4v) is 3.44. The minimum atomic E-state index is 0.452. The van der Waals surface area contributed by atoms with Crippen molar-refractivity contribution >= 4 is 29.3 Å². The second-order valence-electron chi connectivity index (χ2n) is 6.36.